The van der Waals surface area contributed by atoms with Crippen molar-refractivity contribution >= 4 is 5.91 Å². The van der Waals surface area contributed by atoms with Crippen molar-refractivity contribution in [1.29, 1.82) is 0 Å². The maximum Gasteiger partial charge on any atom is 0.242 e. The lowest BCUT2D eigenvalue weighted by Gasteiger charge is -2.42. The minimum atomic E-state index is -0.354. The summed E-state index contributed by atoms with van der Waals surface area (Å²) in [5, 5.41) is 9.21. The van der Waals surface area contributed by atoms with Gasteiger partial charge in [-0.3, -0.25) is 9.69 Å². The Hall–Kier alpha value is -0.610. The normalized spacial score (nSPS) is 28.9. The molecule has 0 radical (unpaired) electrons. The monoisotopic (exact) mass is 214 g/mol. The van der Waals surface area contributed by atoms with E-state index >= 15 is 0 Å². The van der Waals surface area contributed by atoms with Crippen molar-refractivity contribution in [1.82, 2.24) is 9.80 Å². The molecular formula is C11H22N2O2. The van der Waals surface area contributed by atoms with Crippen molar-refractivity contribution in [2.24, 2.45) is 5.92 Å². The van der Waals surface area contributed by atoms with E-state index in [0.717, 1.165) is 13.1 Å². The molecule has 1 aliphatic rings. The van der Waals surface area contributed by atoms with Crippen LogP contribution in [0.15, 0.2) is 0 Å². The number of rotatable bonds is 3. The number of nitrogens with zero attached hydrogens (tertiary/aromatic N) is 2. The van der Waals surface area contributed by atoms with Crippen LogP contribution in [0.2, 0.25) is 0 Å². The van der Waals surface area contributed by atoms with Gasteiger partial charge in [0.1, 0.15) is 6.04 Å². The van der Waals surface area contributed by atoms with Gasteiger partial charge in [-0.2, -0.15) is 0 Å². The fourth-order valence-corrected chi connectivity index (χ4v) is 2.04. The smallest absolute Gasteiger partial charge is 0.242 e. The van der Waals surface area contributed by atoms with Crippen molar-refractivity contribution in [2.75, 3.05) is 26.7 Å². The van der Waals surface area contributed by atoms with Gasteiger partial charge in [0.2, 0.25) is 5.91 Å². The van der Waals surface area contributed by atoms with Crippen LogP contribution in [0.4, 0.5) is 0 Å². The summed E-state index contributed by atoms with van der Waals surface area (Å²) in [5.74, 6) is 0.538. The number of hydrogen-bond acceptors (Lipinski definition) is 3. The molecule has 15 heavy (non-hydrogen) atoms. The molecule has 1 fully saturated rings. The highest BCUT2D eigenvalue weighted by Gasteiger charge is 2.35. The van der Waals surface area contributed by atoms with Gasteiger partial charge in [0.15, 0.2) is 0 Å². The van der Waals surface area contributed by atoms with Crippen molar-refractivity contribution in [2.45, 2.75) is 32.9 Å². The molecule has 0 aromatic carbocycles. The van der Waals surface area contributed by atoms with E-state index in [9.17, 15) is 9.90 Å². The number of aliphatic hydroxyl groups is 1. The Labute approximate surface area is 91.9 Å². The molecule has 1 rings (SSSR count). The predicted octanol–water partition coefficient (Wildman–Crippen LogP) is 0.166. The van der Waals surface area contributed by atoms with Crippen molar-refractivity contribution in [3.05, 3.63) is 0 Å². The van der Waals surface area contributed by atoms with Crippen LogP contribution < -0.4 is 0 Å². The Morgan fingerprint density at radius 3 is 2.60 bits per heavy atom. The molecule has 0 aromatic heterocycles. The number of aliphatic hydroxyl groups excluding tert-OH is 1. The molecule has 1 saturated heterocycles. The Balaban J connectivity index is 2.71. The largest absolute Gasteiger partial charge is 0.394 e. The van der Waals surface area contributed by atoms with Crippen LogP contribution in [0.5, 0.6) is 0 Å². The first-order valence-corrected chi connectivity index (χ1v) is 5.59. The Bertz CT molecular complexity index is 231. The zero-order valence-corrected chi connectivity index (χ0v) is 10.1. The van der Waals surface area contributed by atoms with Gasteiger partial charge in [-0.1, -0.05) is 13.8 Å². The summed E-state index contributed by atoms with van der Waals surface area (Å²) >= 11 is 0. The van der Waals surface area contributed by atoms with Gasteiger partial charge in [-0.05, 0) is 19.9 Å². The molecule has 1 amide bonds. The van der Waals surface area contributed by atoms with Crippen LogP contribution in [0.1, 0.15) is 20.8 Å². The molecule has 4 heteroatoms. The molecular weight excluding hydrogens is 192 g/mol. The van der Waals surface area contributed by atoms with E-state index in [1.165, 1.54) is 0 Å². The fraction of sp³-hybridized carbons (Fsp3) is 0.909. The van der Waals surface area contributed by atoms with Crippen LogP contribution in [0, 0.1) is 5.92 Å². The van der Waals surface area contributed by atoms with E-state index in [1.807, 2.05) is 16.8 Å². The highest BCUT2D eigenvalue weighted by molar-refractivity contribution is 5.83. The van der Waals surface area contributed by atoms with E-state index in [-0.39, 0.29) is 18.6 Å². The molecule has 0 bridgehead atoms. The van der Waals surface area contributed by atoms with Crippen LogP contribution in [0.25, 0.3) is 0 Å². The molecule has 0 saturated carbocycles. The third-order valence-corrected chi connectivity index (χ3v) is 3.03. The molecule has 2 atom stereocenters. The van der Waals surface area contributed by atoms with E-state index in [2.05, 4.69) is 20.8 Å². The molecule has 0 aliphatic carbocycles. The van der Waals surface area contributed by atoms with Crippen LogP contribution in [-0.4, -0.2) is 59.6 Å². The molecule has 0 aromatic rings. The maximum atomic E-state index is 12.0. The van der Waals surface area contributed by atoms with E-state index in [1.54, 1.807) is 0 Å². The highest BCUT2D eigenvalue weighted by atomic mass is 16.3. The summed E-state index contributed by atoms with van der Waals surface area (Å²) in [6, 6.07) is -0.0360. The molecule has 0 spiro atoms. The summed E-state index contributed by atoms with van der Waals surface area (Å²) in [4.78, 5) is 15.8. The number of carbonyl (C=O) groups is 1. The number of amides is 1. The first kappa shape index (κ1) is 12.5. The third kappa shape index (κ3) is 2.69. The lowest BCUT2D eigenvalue weighted by Crippen LogP contribution is -2.61. The van der Waals surface area contributed by atoms with Crippen molar-refractivity contribution in [3.63, 3.8) is 0 Å². The average Bonchev–Trinajstić information content (AvgIpc) is 2.14. The Morgan fingerprint density at radius 2 is 2.13 bits per heavy atom. The topological polar surface area (TPSA) is 43.8 Å². The standard InChI is InChI=1S/C11H22N2O2/c1-8(2)5-13-6-9(3)12(4)10(7-14)11(13)15/h8-10,14H,5-7H2,1-4H3. The number of hydrogen-bond donors (Lipinski definition) is 1. The van der Waals surface area contributed by atoms with Crippen LogP contribution in [-0.2, 0) is 4.79 Å². The zero-order valence-electron chi connectivity index (χ0n) is 10.1. The predicted molar refractivity (Wildman–Crippen MR) is 59.5 cm³/mol. The minimum absolute atomic E-state index is 0.0619. The lowest BCUT2D eigenvalue weighted by atomic mass is 10.1. The van der Waals surface area contributed by atoms with E-state index < -0.39 is 0 Å². The van der Waals surface area contributed by atoms with Crippen LogP contribution in [0.3, 0.4) is 0 Å². The first-order valence-electron chi connectivity index (χ1n) is 5.59. The second kappa shape index (κ2) is 4.94. The molecule has 88 valence electrons. The molecule has 2 unspecified atom stereocenters. The van der Waals surface area contributed by atoms with Gasteiger partial charge in [0, 0.05) is 19.1 Å². The zero-order chi connectivity index (χ0) is 11.6. The van der Waals surface area contributed by atoms with Gasteiger partial charge < -0.3 is 10.0 Å². The van der Waals surface area contributed by atoms with Crippen molar-refractivity contribution < 1.29 is 9.90 Å². The quantitative estimate of drug-likeness (QED) is 0.728. The molecule has 4 nitrogen and oxygen atoms in total. The summed E-state index contributed by atoms with van der Waals surface area (Å²) in [5.41, 5.74) is 0. The lowest BCUT2D eigenvalue weighted by molar-refractivity contribution is -0.146. The maximum absolute atomic E-state index is 12.0. The SMILES string of the molecule is CC(C)CN1CC(C)N(C)C(CO)C1=O. The van der Waals surface area contributed by atoms with E-state index in [0.29, 0.717) is 12.0 Å². The Kier molecular flexibility index (Phi) is 4.11. The highest BCUT2D eigenvalue weighted by Crippen LogP contribution is 2.16. The third-order valence-electron chi connectivity index (χ3n) is 3.03. The van der Waals surface area contributed by atoms with Crippen LogP contribution >= 0.6 is 0 Å². The molecule has 1 heterocycles. The van der Waals surface area contributed by atoms with Gasteiger partial charge in [-0.15, -0.1) is 0 Å². The molecule has 1 N–H and O–H groups in total. The second-order valence-electron chi connectivity index (χ2n) is 4.85. The van der Waals surface area contributed by atoms with Gasteiger partial charge in [0.25, 0.3) is 0 Å². The summed E-state index contributed by atoms with van der Waals surface area (Å²) in [6.45, 7) is 7.75. The van der Waals surface area contributed by atoms with Crippen molar-refractivity contribution in [3.8, 4) is 0 Å². The molecule has 1 aliphatic heterocycles. The van der Waals surface area contributed by atoms with Gasteiger partial charge >= 0.3 is 0 Å². The van der Waals surface area contributed by atoms with Gasteiger partial charge in [-0.25, -0.2) is 0 Å². The summed E-state index contributed by atoms with van der Waals surface area (Å²) in [7, 11) is 1.90. The summed E-state index contributed by atoms with van der Waals surface area (Å²) in [6.07, 6.45) is 0. The number of likely N-dealkylation sites (N-methyl/N-ethyl adjacent to an activating group) is 1. The first-order chi connectivity index (χ1) is 6.97. The fourth-order valence-electron chi connectivity index (χ4n) is 2.04. The van der Waals surface area contributed by atoms with Gasteiger partial charge in [0.05, 0.1) is 6.61 Å². The number of carbonyl (C=O) groups excluding carboxylic acids is 1. The number of piperazine rings is 1. The minimum Gasteiger partial charge on any atom is -0.394 e. The van der Waals surface area contributed by atoms with E-state index in [4.69, 9.17) is 0 Å². The Morgan fingerprint density at radius 1 is 1.53 bits per heavy atom. The summed E-state index contributed by atoms with van der Waals surface area (Å²) < 4.78 is 0. The average molecular weight is 214 g/mol. The second-order valence-corrected chi connectivity index (χ2v) is 4.85.